The molecule has 2 aromatic heterocycles. The summed E-state index contributed by atoms with van der Waals surface area (Å²) in [6.07, 6.45) is 2.05. The van der Waals surface area contributed by atoms with E-state index in [9.17, 15) is 8.42 Å². The van der Waals surface area contributed by atoms with E-state index in [1.165, 1.54) is 16.6 Å². The van der Waals surface area contributed by atoms with Crippen LogP contribution in [0.1, 0.15) is 36.5 Å². The normalized spacial score (nSPS) is 12.7. The van der Waals surface area contributed by atoms with Gasteiger partial charge in [0, 0.05) is 6.20 Å². The van der Waals surface area contributed by atoms with E-state index in [1.807, 2.05) is 57.2 Å². The van der Waals surface area contributed by atoms with Crippen molar-refractivity contribution >= 4 is 15.7 Å². The van der Waals surface area contributed by atoms with E-state index >= 15 is 0 Å². The zero-order chi connectivity index (χ0) is 18.7. The highest BCUT2D eigenvalue weighted by Crippen LogP contribution is 2.35. The Bertz CT molecular complexity index is 964. The van der Waals surface area contributed by atoms with Gasteiger partial charge in [0.05, 0.1) is 5.69 Å². The van der Waals surface area contributed by atoms with E-state index in [0.717, 1.165) is 11.3 Å². The number of rotatable bonds is 6. The molecule has 1 unspecified atom stereocenters. The molecule has 26 heavy (non-hydrogen) atoms. The Labute approximate surface area is 154 Å². The molecule has 0 radical (unpaired) electrons. The van der Waals surface area contributed by atoms with E-state index in [0.29, 0.717) is 17.9 Å². The summed E-state index contributed by atoms with van der Waals surface area (Å²) in [5.74, 6) is 1.36. The first kappa shape index (κ1) is 18.2. The number of nitrogens with zero attached hydrogens (tertiary/aromatic N) is 2. The van der Waals surface area contributed by atoms with Crippen LogP contribution in [0.3, 0.4) is 0 Å². The minimum absolute atomic E-state index is 0.0160. The Kier molecular flexibility index (Phi) is 5.13. The fraction of sp³-hybridized carbons (Fsp3) is 0.250. The molecule has 0 aliphatic heterocycles. The van der Waals surface area contributed by atoms with Crippen LogP contribution in [-0.2, 0) is 10.0 Å². The predicted octanol–water partition coefficient (Wildman–Crippen LogP) is 4.64. The summed E-state index contributed by atoms with van der Waals surface area (Å²) in [4.78, 5) is 4.07. The minimum atomic E-state index is -3.85. The molecule has 5 nitrogen and oxygen atoms in total. The van der Waals surface area contributed by atoms with Crippen LogP contribution >= 0.6 is 0 Å². The van der Waals surface area contributed by atoms with Crippen LogP contribution in [-0.4, -0.2) is 13.4 Å². The third-order valence-corrected chi connectivity index (χ3v) is 5.96. The number of sulfonamides is 1. The van der Waals surface area contributed by atoms with Gasteiger partial charge in [-0.3, -0.25) is 4.31 Å². The number of hydrogen-bond acceptors (Lipinski definition) is 4. The van der Waals surface area contributed by atoms with E-state index < -0.39 is 16.1 Å². The Morgan fingerprint density at radius 3 is 2.31 bits per heavy atom. The molecule has 1 atom stereocenters. The molecule has 3 aromatic rings. The molecule has 6 heteroatoms. The average molecular weight is 370 g/mol. The molecular formula is C20H22N2O3S. The van der Waals surface area contributed by atoms with Crippen molar-refractivity contribution in [2.75, 3.05) is 4.31 Å². The number of hydrogen-bond donors (Lipinski definition) is 0. The van der Waals surface area contributed by atoms with Crippen LogP contribution in [0, 0.1) is 13.8 Å². The third kappa shape index (κ3) is 3.51. The molecule has 1 aromatic carbocycles. The zero-order valence-electron chi connectivity index (χ0n) is 15.1. The maximum atomic E-state index is 13.4. The summed E-state index contributed by atoms with van der Waals surface area (Å²) in [5.41, 5.74) is 1.65. The Morgan fingerprint density at radius 1 is 1.04 bits per heavy atom. The lowest BCUT2D eigenvalue weighted by Gasteiger charge is -2.30. The fourth-order valence-corrected chi connectivity index (χ4v) is 4.53. The van der Waals surface area contributed by atoms with Gasteiger partial charge in [0.2, 0.25) is 0 Å². The summed E-state index contributed by atoms with van der Waals surface area (Å²) in [6.45, 7) is 5.76. The lowest BCUT2D eigenvalue weighted by atomic mass is 10.1. The summed E-state index contributed by atoms with van der Waals surface area (Å²) < 4.78 is 34.0. The first-order chi connectivity index (χ1) is 12.4. The fourth-order valence-electron chi connectivity index (χ4n) is 2.89. The molecular weight excluding hydrogens is 348 g/mol. The van der Waals surface area contributed by atoms with Gasteiger partial charge in [0.25, 0.3) is 10.0 Å². The number of aryl methyl sites for hydroxylation is 2. The van der Waals surface area contributed by atoms with Gasteiger partial charge < -0.3 is 4.42 Å². The van der Waals surface area contributed by atoms with Crippen molar-refractivity contribution in [3.05, 3.63) is 77.9 Å². The van der Waals surface area contributed by atoms with Crippen molar-refractivity contribution in [1.29, 1.82) is 0 Å². The van der Waals surface area contributed by atoms with Crippen LogP contribution in [0.4, 0.5) is 5.69 Å². The Hall–Kier alpha value is -2.60. The molecule has 0 bridgehead atoms. The second kappa shape index (κ2) is 7.33. The summed E-state index contributed by atoms with van der Waals surface area (Å²) in [5, 5.41) is 0.0160. The molecule has 0 amide bonds. The minimum Gasteiger partial charge on any atom is -0.464 e. The van der Waals surface area contributed by atoms with Gasteiger partial charge in [0.1, 0.15) is 17.6 Å². The molecule has 0 aliphatic rings. The lowest BCUT2D eigenvalue weighted by Crippen LogP contribution is -2.35. The number of benzene rings is 1. The Morgan fingerprint density at radius 2 is 1.77 bits per heavy atom. The summed E-state index contributed by atoms with van der Waals surface area (Å²) >= 11 is 0. The van der Waals surface area contributed by atoms with Gasteiger partial charge >= 0.3 is 0 Å². The van der Waals surface area contributed by atoms with Crippen molar-refractivity contribution in [2.45, 2.75) is 38.3 Å². The third-order valence-electron chi connectivity index (χ3n) is 4.21. The van der Waals surface area contributed by atoms with Crippen molar-refractivity contribution in [2.24, 2.45) is 0 Å². The van der Waals surface area contributed by atoms with Crippen LogP contribution in [0.15, 0.2) is 70.2 Å². The van der Waals surface area contributed by atoms with Crippen molar-refractivity contribution in [1.82, 2.24) is 4.98 Å². The molecule has 2 heterocycles. The average Bonchev–Trinajstić information content (AvgIpc) is 3.07. The SMILES string of the molecule is CCC(c1ccc(C)o1)N(c1ccc(C)cc1)S(=O)(=O)c1ccccn1. The maximum absolute atomic E-state index is 13.4. The molecule has 3 rings (SSSR count). The largest absolute Gasteiger partial charge is 0.464 e. The molecule has 136 valence electrons. The molecule has 0 saturated heterocycles. The highest BCUT2D eigenvalue weighted by Gasteiger charge is 2.34. The van der Waals surface area contributed by atoms with E-state index in [-0.39, 0.29) is 5.03 Å². The molecule has 0 spiro atoms. The standard InChI is InChI=1S/C20H22N2O3S/c1-4-18(19-13-10-16(3)25-19)22(17-11-8-15(2)9-12-17)26(23,24)20-7-5-6-14-21-20/h5-14,18H,4H2,1-3H3. The highest BCUT2D eigenvalue weighted by atomic mass is 32.2. The topological polar surface area (TPSA) is 63.4 Å². The van der Waals surface area contributed by atoms with Gasteiger partial charge in [-0.25, -0.2) is 4.98 Å². The van der Waals surface area contributed by atoms with Crippen molar-refractivity contribution in [3.63, 3.8) is 0 Å². The van der Waals surface area contributed by atoms with E-state index in [2.05, 4.69) is 4.98 Å². The number of furan rings is 1. The van der Waals surface area contributed by atoms with Gasteiger partial charge in [-0.05, 0) is 56.7 Å². The summed E-state index contributed by atoms with van der Waals surface area (Å²) in [6, 6.07) is 15.5. The number of anilines is 1. The van der Waals surface area contributed by atoms with Gasteiger partial charge in [-0.2, -0.15) is 8.42 Å². The van der Waals surface area contributed by atoms with Crippen LogP contribution in [0.25, 0.3) is 0 Å². The van der Waals surface area contributed by atoms with Crippen LogP contribution in [0.2, 0.25) is 0 Å². The van der Waals surface area contributed by atoms with Crippen molar-refractivity contribution < 1.29 is 12.8 Å². The van der Waals surface area contributed by atoms with Gasteiger partial charge in [-0.15, -0.1) is 0 Å². The molecule has 0 N–H and O–H groups in total. The molecule has 0 fully saturated rings. The quantitative estimate of drug-likeness (QED) is 0.634. The molecule has 0 saturated carbocycles. The first-order valence-corrected chi connectivity index (χ1v) is 9.96. The first-order valence-electron chi connectivity index (χ1n) is 8.52. The van der Waals surface area contributed by atoms with Crippen molar-refractivity contribution in [3.8, 4) is 0 Å². The van der Waals surface area contributed by atoms with E-state index in [1.54, 1.807) is 12.1 Å². The number of aromatic nitrogens is 1. The monoisotopic (exact) mass is 370 g/mol. The number of pyridine rings is 1. The summed E-state index contributed by atoms with van der Waals surface area (Å²) in [7, 11) is -3.85. The van der Waals surface area contributed by atoms with Gasteiger partial charge in [-0.1, -0.05) is 30.7 Å². The van der Waals surface area contributed by atoms with E-state index in [4.69, 9.17) is 4.42 Å². The van der Waals surface area contributed by atoms with Crippen LogP contribution < -0.4 is 4.31 Å². The zero-order valence-corrected chi connectivity index (χ0v) is 15.9. The predicted molar refractivity (Wildman–Crippen MR) is 102 cm³/mol. The highest BCUT2D eigenvalue weighted by molar-refractivity contribution is 7.92. The smallest absolute Gasteiger partial charge is 0.282 e. The van der Waals surface area contributed by atoms with Crippen LogP contribution in [0.5, 0.6) is 0 Å². The second-order valence-electron chi connectivity index (χ2n) is 6.18. The molecule has 0 aliphatic carbocycles. The maximum Gasteiger partial charge on any atom is 0.282 e. The second-order valence-corrected chi connectivity index (χ2v) is 7.94. The lowest BCUT2D eigenvalue weighted by molar-refractivity contribution is 0.438. The van der Waals surface area contributed by atoms with Gasteiger partial charge in [0.15, 0.2) is 5.03 Å². The Balaban J connectivity index is 2.17.